The molecule has 1 N–H and O–H groups in total. The highest BCUT2D eigenvalue weighted by atomic mass is 32.2. The van der Waals surface area contributed by atoms with E-state index in [4.69, 9.17) is 9.47 Å². The number of rotatable bonds is 4. The molecule has 0 unspecified atom stereocenters. The molecule has 134 valence electrons. The lowest BCUT2D eigenvalue weighted by molar-refractivity contribution is 0.171. The van der Waals surface area contributed by atoms with E-state index >= 15 is 0 Å². The van der Waals surface area contributed by atoms with Gasteiger partial charge < -0.3 is 9.47 Å². The monoisotopic (exact) mass is 373 g/mol. The van der Waals surface area contributed by atoms with Crippen molar-refractivity contribution in [2.45, 2.75) is 11.8 Å². The van der Waals surface area contributed by atoms with Gasteiger partial charge in [0.15, 0.2) is 11.5 Å². The van der Waals surface area contributed by atoms with Crippen molar-refractivity contribution in [2.75, 3.05) is 17.9 Å². The number of nitrogens with one attached hydrogen (secondary N) is 1. The average Bonchev–Trinajstić information content (AvgIpc) is 3.15. The Hall–Kier alpha value is -3.14. The van der Waals surface area contributed by atoms with Gasteiger partial charge in [0.2, 0.25) is 0 Å². The Kier molecular flexibility index (Phi) is 3.96. The molecular weight excluding hydrogens is 358 g/mol. The van der Waals surface area contributed by atoms with Crippen molar-refractivity contribution in [2.24, 2.45) is 0 Å². The van der Waals surface area contributed by atoms with Gasteiger partial charge in [0.25, 0.3) is 10.0 Å². The number of benzene rings is 2. The third-order valence-corrected chi connectivity index (χ3v) is 5.21. The fraction of sp³-hybridized carbons (Fsp3) is 0.188. The van der Waals surface area contributed by atoms with Crippen LogP contribution in [0, 0.1) is 6.92 Å². The van der Waals surface area contributed by atoms with Crippen LogP contribution in [0.15, 0.2) is 47.6 Å². The molecule has 9 nitrogen and oxygen atoms in total. The number of hydrogen-bond acceptors (Lipinski definition) is 7. The van der Waals surface area contributed by atoms with Crippen LogP contribution in [0.25, 0.3) is 5.69 Å². The molecule has 2 heterocycles. The highest BCUT2D eigenvalue weighted by molar-refractivity contribution is 7.92. The topological polar surface area (TPSA) is 108 Å². The van der Waals surface area contributed by atoms with Gasteiger partial charge >= 0.3 is 0 Å². The van der Waals surface area contributed by atoms with Crippen LogP contribution in [-0.2, 0) is 10.0 Å². The Morgan fingerprint density at radius 1 is 1.08 bits per heavy atom. The van der Waals surface area contributed by atoms with Crippen LogP contribution in [0.5, 0.6) is 11.5 Å². The van der Waals surface area contributed by atoms with Gasteiger partial charge in [-0.25, -0.2) is 8.42 Å². The zero-order valence-electron chi connectivity index (χ0n) is 13.8. The number of fused-ring (bicyclic) bond motifs is 1. The molecule has 0 saturated heterocycles. The smallest absolute Gasteiger partial charge is 0.261 e. The molecular formula is C16H15N5O4S. The van der Waals surface area contributed by atoms with Crippen LogP contribution in [0.2, 0.25) is 0 Å². The van der Waals surface area contributed by atoms with Crippen molar-refractivity contribution in [3.63, 3.8) is 0 Å². The molecule has 0 radical (unpaired) electrons. The molecule has 0 spiro atoms. The first-order chi connectivity index (χ1) is 12.5. The molecule has 2 aromatic carbocycles. The van der Waals surface area contributed by atoms with Crippen LogP contribution in [0.4, 0.5) is 5.69 Å². The van der Waals surface area contributed by atoms with E-state index in [0.717, 1.165) is 5.56 Å². The summed E-state index contributed by atoms with van der Waals surface area (Å²) in [6, 6.07) is 9.77. The maximum absolute atomic E-state index is 12.8. The first-order valence-corrected chi connectivity index (χ1v) is 9.28. The summed E-state index contributed by atoms with van der Waals surface area (Å²) < 4.78 is 40.6. The highest BCUT2D eigenvalue weighted by Gasteiger charge is 2.22. The molecule has 0 fully saturated rings. The summed E-state index contributed by atoms with van der Waals surface area (Å²) in [6.07, 6.45) is 1.37. The molecule has 0 aliphatic carbocycles. The van der Waals surface area contributed by atoms with Gasteiger partial charge in [-0.2, -0.15) is 4.68 Å². The molecule has 0 amide bonds. The highest BCUT2D eigenvalue weighted by Crippen LogP contribution is 2.37. The predicted molar refractivity (Wildman–Crippen MR) is 92.1 cm³/mol. The molecule has 0 bridgehead atoms. The molecule has 1 aliphatic rings. The van der Waals surface area contributed by atoms with Gasteiger partial charge in [-0.05, 0) is 29.5 Å². The fourth-order valence-electron chi connectivity index (χ4n) is 2.54. The number of hydrogen-bond donors (Lipinski definition) is 1. The van der Waals surface area contributed by atoms with Gasteiger partial charge in [0.1, 0.15) is 19.5 Å². The largest absolute Gasteiger partial charge is 0.486 e. The number of tetrazole rings is 1. The Labute approximate surface area is 149 Å². The SMILES string of the molecule is Cc1ccc(S(=O)(=O)Nc2cc3c(cc2-n2cnnn2)OCCO3)cc1. The lowest BCUT2D eigenvalue weighted by Crippen LogP contribution is -2.18. The quantitative estimate of drug-likeness (QED) is 0.739. The Morgan fingerprint density at radius 3 is 2.42 bits per heavy atom. The van der Waals surface area contributed by atoms with E-state index < -0.39 is 10.0 Å². The number of aromatic nitrogens is 4. The van der Waals surface area contributed by atoms with Crippen molar-refractivity contribution in [3.05, 3.63) is 48.3 Å². The minimum atomic E-state index is -3.80. The first-order valence-electron chi connectivity index (χ1n) is 7.79. The molecule has 1 aromatic heterocycles. The molecule has 10 heteroatoms. The van der Waals surface area contributed by atoms with E-state index in [9.17, 15) is 8.42 Å². The lowest BCUT2D eigenvalue weighted by atomic mass is 10.2. The third kappa shape index (κ3) is 3.06. The summed E-state index contributed by atoms with van der Waals surface area (Å²) in [5.41, 5.74) is 1.68. The fourth-order valence-corrected chi connectivity index (χ4v) is 3.61. The Bertz CT molecular complexity index is 1030. The maximum Gasteiger partial charge on any atom is 0.261 e. The Morgan fingerprint density at radius 2 is 1.77 bits per heavy atom. The lowest BCUT2D eigenvalue weighted by Gasteiger charge is -2.21. The van der Waals surface area contributed by atoms with E-state index in [-0.39, 0.29) is 10.6 Å². The van der Waals surface area contributed by atoms with Crippen LogP contribution in [0.1, 0.15) is 5.56 Å². The number of ether oxygens (including phenoxy) is 2. The average molecular weight is 373 g/mol. The second kappa shape index (κ2) is 6.30. The van der Waals surface area contributed by atoms with Gasteiger partial charge in [-0.3, -0.25) is 4.72 Å². The summed E-state index contributed by atoms with van der Waals surface area (Å²) in [5, 5.41) is 11.0. The molecule has 26 heavy (non-hydrogen) atoms. The van der Waals surface area contributed by atoms with E-state index in [2.05, 4.69) is 20.2 Å². The van der Waals surface area contributed by atoms with Crippen LogP contribution >= 0.6 is 0 Å². The van der Waals surface area contributed by atoms with Gasteiger partial charge in [-0.15, -0.1) is 5.10 Å². The molecule has 0 atom stereocenters. The standard InChI is InChI=1S/C16H15N5O4S/c1-11-2-4-12(5-3-11)26(22,23)18-13-8-15-16(25-7-6-24-15)9-14(13)21-10-17-19-20-21/h2-5,8-10,18H,6-7H2,1H3. The minimum absolute atomic E-state index is 0.153. The number of anilines is 1. The van der Waals surface area contributed by atoms with E-state index in [1.165, 1.54) is 11.0 Å². The zero-order chi connectivity index (χ0) is 18.1. The first kappa shape index (κ1) is 16.3. The van der Waals surface area contributed by atoms with Gasteiger partial charge in [-0.1, -0.05) is 17.7 Å². The summed E-state index contributed by atoms with van der Waals surface area (Å²) in [5.74, 6) is 0.953. The van der Waals surface area contributed by atoms with Crippen molar-refractivity contribution < 1.29 is 17.9 Å². The third-order valence-electron chi connectivity index (χ3n) is 3.83. The van der Waals surface area contributed by atoms with Gasteiger partial charge in [0.05, 0.1) is 16.3 Å². The maximum atomic E-state index is 12.8. The number of sulfonamides is 1. The summed E-state index contributed by atoms with van der Waals surface area (Å²) in [7, 11) is -3.80. The summed E-state index contributed by atoms with van der Waals surface area (Å²) >= 11 is 0. The van der Waals surface area contributed by atoms with Crippen molar-refractivity contribution in [1.29, 1.82) is 0 Å². The molecule has 1 aliphatic heterocycles. The molecule has 3 aromatic rings. The van der Waals surface area contributed by atoms with E-state index in [0.29, 0.717) is 30.4 Å². The normalized spacial score (nSPS) is 13.4. The van der Waals surface area contributed by atoms with Crippen molar-refractivity contribution in [1.82, 2.24) is 20.2 Å². The zero-order valence-corrected chi connectivity index (χ0v) is 14.6. The minimum Gasteiger partial charge on any atom is -0.486 e. The van der Waals surface area contributed by atoms with E-state index in [1.54, 1.807) is 36.4 Å². The second-order valence-corrected chi connectivity index (χ2v) is 7.37. The van der Waals surface area contributed by atoms with Crippen LogP contribution in [0.3, 0.4) is 0 Å². The van der Waals surface area contributed by atoms with Crippen molar-refractivity contribution in [3.8, 4) is 17.2 Å². The molecule has 4 rings (SSSR count). The predicted octanol–water partition coefficient (Wildman–Crippen LogP) is 1.54. The van der Waals surface area contributed by atoms with Crippen molar-refractivity contribution >= 4 is 15.7 Å². The number of nitrogens with zero attached hydrogens (tertiary/aromatic N) is 4. The molecule has 0 saturated carbocycles. The Balaban J connectivity index is 1.78. The van der Waals surface area contributed by atoms with Crippen LogP contribution in [-0.4, -0.2) is 41.8 Å². The summed E-state index contributed by atoms with van der Waals surface area (Å²) in [6.45, 7) is 2.69. The van der Waals surface area contributed by atoms with E-state index in [1.807, 2.05) is 6.92 Å². The number of aryl methyl sites for hydroxylation is 1. The second-order valence-electron chi connectivity index (χ2n) is 5.69. The summed E-state index contributed by atoms with van der Waals surface area (Å²) in [4.78, 5) is 0.153. The van der Waals surface area contributed by atoms with Gasteiger partial charge in [0, 0.05) is 12.1 Å². The van der Waals surface area contributed by atoms with Crippen LogP contribution < -0.4 is 14.2 Å².